The summed E-state index contributed by atoms with van der Waals surface area (Å²) in [4.78, 5) is 23.5. The molecule has 0 aliphatic heterocycles. The summed E-state index contributed by atoms with van der Waals surface area (Å²) in [5.74, 6) is 0.576. The number of benzene rings is 5. The predicted molar refractivity (Wildman–Crippen MR) is 183 cm³/mol. The van der Waals surface area contributed by atoms with Crippen molar-refractivity contribution < 1.29 is 0 Å². The van der Waals surface area contributed by atoms with Gasteiger partial charge in [0, 0.05) is 33.4 Å². The monoisotopic (exact) mass is 686 g/mol. The van der Waals surface area contributed by atoms with E-state index in [2.05, 4.69) is 26.2 Å². The molecule has 0 saturated carbocycles. The minimum absolute atomic E-state index is 0.173. The van der Waals surface area contributed by atoms with Crippen LogP contribution in [0.25, 0.3) is 16.6 Å². The first-order chi connectivity index (χ1) is 20.9. The third-order valence-electron chi connectivity index (χ3n) is 6.85. The van der Waals surface area contributed by atoms with Gasteiger partial charge in [-0.1, -0.05) is 93.2 Å². The van der Waals surface area contributed by atoms with Crippen molar-refractivity contribution in [2.75, 3.05) is 5.32 Å². The lowest BCUT2D eigenvalue weighted by molar-refractivity contribution is 0.850. The number of halogens is 4. The fourth-order valence-electron chi connectivity index (χ4n) is 4.72. The molecule has 1 N–H and O–H groups in total. The summed E-state index contributed by atoms with van der Waals surface area (Å²) >= 11 is 22.7. The van der Waals surface area contributed by atoms with Crippen LogP contribution >= 0.6 is 50.7 Å². The Balaban J connectivity index is 1.42. The highest BCUT2D eigenvalue weighted by molar-refractivity contribution is 9.10. The van der Waals surface area contributed by atoms with Gasteiger partial charge < -0.3 is 5.32 Å². The normalized spacial score (nSPS) is 11.3. The lowest BCUT2D eigenvalue weighted by Crippen LogP contribution is -2.24. The van der Waals surface area contributed by atoms with E-state index in [4.69, 9.17) is 39.8 Å². The number of anilines is 2. The maximum Gasteiger partial charge on any atom is 0.266 e. The fourth-order valence-corrected chi connectivity index (χ4v) is 5.76. The lowest BCUT2D eigenvalue weighted by atomic mass is 10.1. The van der Waals surface area contributed by atoms with Gasteiger partial charge in [0.25, 0.3) is 5.56 Å². The van der Waals surface area contributed by atoms with Crippen molar-refractivity contribution in [1.82, 2.24) is 9.55 Å². The Bertz CT molecular complexity index is 2040. The van der Waals surface area contributed by atoms with E-state index in [0.29, 0.717) is 49.6 Å². The molecule has 0 amide bonds. The Morgan fingerprint density at radius 3 is 2.28 bits per heavy atom. The van der Waals surface area contributed by atoms with E-state index in [9.17, 15) is 4.79 Å². The maximum absolute atomic E-state index is 14.0. The lowest BCUT2D eigenvalue weighted by Gasteiger charge is -2.17. The van der Waals surface area contributed by atoms with Crippen molar-refractivity contribution in [3.8, 4) is 5.69 Å². The van der Waals surface area contributed by atoms with Crippen molar-refractivity contribution in [3.05, 3.63) is 156 Å². The number of hydrogen-bond acceptors (Lipinski definition) is 4. The van der Waals surface area contributed by atoms with E-state index >= 15 is 0 Å². The van der Waals surface area contributed by atoms with Gasteiger partial charge in [-0.15, -0.1) is 0 Å². The second-order valence-electron chi connectivity index (χ2n) is 9.68. The molecule has 1 heterocycles. The maximum atomic E-state index is 14.0. The molecular formula is C34H22BrCl3N4O. The Labute approximate surface area is 271 Å². The first-order valence-corrected chi connectivity index (χ1v) is 15.2. The van der Waals surface area contributed by atoms with E-state index in [-0.39, 0.29) is 5.56 Å². The van der Waals surface area contributed by atoms with Crippen LogP contribution in [0.5, 0.6) is 0 Å². The highest BCUT2D eigenvalue weighted by atomic mass is 79.9. The van der Waals surface area contributed by atoms with Gasteiger partial charge in [0.15, 0.2) is 0 Å². The largest absolute Gasteiger partial charge is 0.353 e. The molecule has 0 atom stereocenters. The molecule has 0 fully saturated rings. The summed E-state index contributed by atoms with van der Waals surface area (Å²) in [7, 11) is 0. The number of hydrogen-bond donors (Lipinski definition) is 1. The minimum Gasteiger partial charge on any atom is -0.353 e. The van der Waals surface area contributed by atoms with Gasteiger partial charge in [-0.2, -0.15) is 0 Å². The Hall–Kier alpha value is -3.94. The third-order valence-corrected chi connectivity index (χ3v) is 8.32. The molecule has 5 aromatic carbocycles. The molecule has 0 spiro atoms. The molecule has 0 radical (unpaired) electrons. The van der Waals surface area contributed by atoms with Gasteiger partial charge in [-0.25, -0.2) is 4.98 Å². The van der Waals surface area contributed by atoms with E-state index in [1.165, 1.54) is 0 Å². The van der Waals surface area contributed by atoms with Gasteiger partial charge in [0.05, 0.1) is 38.0 Å². The predicted octanol–water partition coefficient (Wildman–Crippen LogP) is 10.2. The summed E-state index contributed by atoms with van der Waals surface area (Å²) in [5, 5.41) is 5.52. The summed E-state index contributed by atoms with van der Waals surface area (Å²) in [6.45, 7) is 0. The van der Waals surface area contributed by atoms with Crippen LogP contribution in [0.1, 0.15) is 17.0 Å². The molecule has 0 unspecified atom stereocenters. The SMILES string of the molecule is O=c1c2cc(Br)ccc2nc(Cc2ccccc2Nc2c(Cl)cccc2Cl)n1-c1ccc(N=Cc2ccccc2Cl)cc1. The second kappa shape index (κ2) is 12.7. The van der Waals surface area contributed by atoms with Crippen molar-refractivity contribution in [3.63, 3.8) is 0 Å². The van der Waals surface area contributed by atoms with Crippen molar-refractivity contribution >= 4 is 84.9 Å². The van der Waals surface area contributed by atoms with Crippen LogP contribution in [0.4, 0.5) is 17.1 Å². The molecule has 0 aliphatic carbocycles. The summed E-state index contributed by atoms with van der Waals surface area (Å²) < 4.78 is 2.45. The molecular weight excluding hydrogens is 667 g/mol. The number of fused-ring (bicyclic) bond motifs is 1. The molecule has 1 aromatic heterocycles. The summed E-state index contributed by atoms with van der Waals surface area (Å²) in [6, 6.07) is 33.6. The summed E-state index contributed by atoms with van der Waals surface area (Å²) in [6.07, 6.45) is 2.08. The number of aromatic nitrogens is 2. The zero-order chi connectivity index (χ0) is 29.9. The molecule has 6 rings (SSSR count). The van der Waals surface area contributed by atoms with Gasteiger partial charge in [-0.05, 0) is 72.3 Å². The Morgan fingerprint density at radius 1 is 0.814 bits per heavy atom. The van der Waals surface area contributed by atoms with E-state index in [1.54, 1.807) is 35.0 Å². The van der Waals surface area contributed by atoms with Crippen molar-refractivity contribution in [1.29, 1.82) is 0 Å². The number of para-hydroxylation sites is 2. The first-order valence-electron chi connectivity index (χ1n) is 13.3. The number of rotatable bonds is 7. The average Bonchev–Trinajstić information content (AvgIpc) is 3.00. The van der Waals surface area contributed by atoms with E-state index in [1.807, 2.05) is 84.9 Å². The van der Waals surface area contributed by atoms with Crippen LogP contribution in [-0.4, -0.2) is 15.8 Å². The van der Waals surface area contributed by atoms with Crippen LogP contribution in [0, 0.1) is 0 Å². The van der Waals surface area contributed by atoms with Crippen LogP contribution in [-0.2, 0) is 6.42 Å². The summed E-state index contributed by atoms with van der Waals surface area (Å²) in [5.41, 5.74) is 4.98. The standard InChI is InChI=1S/C34H22BrCl3N4O/c35-23-12-17-31-26(19-23)34(43)42(25-15-13-24(14-16-25)39-20-22-7-1-3-8-27(22)36)32(40-31)18-21-6-2-4-11-30(21)41-33-28(37)9-5-10-29(33)38/h1-17,19-20,41H,18H2. The average molecular weight is 689 g/mol. The molecule has 0 bridgehead atoms. The molecule has 212 valence electrons. The molecule has 0 aliphatic rings. The van der Waals surface area contributed by atoms with Gasteiger partial charge in [0.1, 0.15) is 5.82 Å². The van der Waals surface area contributed by atoms with Gasteiger partial charge in [0.2, 0.25) is 0 Å². The first kappa shape index (κ1) is 29.1. The van der Waals surface area contributed by atoms with Gasteiger partial charge in [-0.3, -0.25) is 14.4 Å². The van der Waals surface area contributed by atoms with Crippen LogP contribution < -0.4 is 10.9 Å². The smallest absolute Gasteiger partial charge is 0.266 e. The number of aliphatic imine (C=N–C) groups is 1. The number of nitrogens with zero attached hydrogens (tertiary/aromatic N) is 3. The topological polar surface area (TPSA) is 59.3 Å². The van der Waals surface area contributed by atoms with E-state index < -0.39 is 0 Å². The van der Waals surface area contributed by atoms with Gasteiger partial charge >= 0.3 is 0 Å². The Morgan fingerprint density at radius 2 is 1.51 bits per heavy atom. The molecule has 9 heteroatoms. The quantitative estimate of drug-likeness (QED) is 0.170. The molecule has 6 aromatic rings. The zero-order valence-electron chi connectivity index (χ0n) is 22.4. The Kier molecular flexibility index (Phi) is 8.63. The minimum atomic E-state index is -0.173. The van der Waals surface area contributed by atoms with Crippen molar-refractivity contribution in [2.45, 2.75) is 6.42 Å². The highest BCUT2D eigenvalue weighted by Gasteiger charge is 2.16. The van der Waals surface area contributed by atoms with Crippen LogP contribution in [0.2, 0.25) is 15.1 Å². The molecule has 5 nitrogen and oxygen atoms in total. The third kappa shape index (κ3) is 6.38. The second-order valence-corrected chi connectivity index (χ2v) is 11.8. The fraction of sp³-hybridized carbons (Fsp3) is 0.0294. The van der Waals surface area contributed by atoms with Crippen molar-refractivity contribution in [2.24, 2.45) is 4.99 Å². The number of nitrogens with one attached hydrogen (secondary N) is 1. The van der Waals surface area contributed by atoms with E-state index in [0.717, 1.165) is 27.0 Å². The zero-order valence-corrected chi connectivity index (χ0v) is 26.3. The van der Waals surface area contributed by atoms with Crippen LogP contribution in [0.15, 0.2) is 123 Å². The highest BCUT2D eigenvalue weighted by Crippen LogP contribution is 2.34. The molecule has 43 heavy (non-hydrogen) atoms. The van der Waals surface area contributed by atoms with Crippen LogP contribution in [0.3, 0.4) is 0 Å². The molecule has 0 saturated heterocycles.